The topological polar surface area (TPSA) is 55.2 Å². The largest absolute Gasteiger partial charge is 0.337 e. The van der Waals surface area contributed by atoms with Crippen LogP contribution in [0, 0.1) is 0 Å². The highest BCUT2D eigenvalue weighted by Crippen LogP contribution is 2.35. The number of imidazole rings is 1. The molecular weight excluding hydrogens is 346 g/mol. The first-order valence-electron chi connectivity index (χ1n) is 9.64. The lowest BCUT2D eigenvalue weighted by Gasteiger charge is -2.24. The monoisotopic (exact) mass is 373 g/mol. The minimum atomic E-state index is -3.50. The van der Waals surface area contributed by atoms with Crippen molar-refractivity contribution in [2.45, 2.75) is 68.3 Å². The third-order valence-electron chi connectivity index (χ3n) is 5.74. The molecule has 1 aromatic heterocycles. The Kier molecular flexibility index (Phi) is 4.88. The first-order valence-corrected chi connectivity index (χ1v) is 11.1. The van der Waals surface area contributed by atoms with Gasteiger partial charge in [-0.15, -0.1) is 0 Å². The molecule has 2 saturated carbocycles. The van der Waals surface area contributed by atoms with Crippen molar-refractivity contribution in [3.05, 3.63) is 48.0 Å². The molecule has 0 bridgehead atoms. The second-order valence-corrected chi connectivity index (χ2v) is 9.53. The smallest absolute Gasteiger partial charge is 0.243 e. The molecule has 2 fully saturated rings. The van der Waals surface area contributed by atoms with Crippen LogP contribution in [-0.4, -0.2) is 28.3 Å². The summed E-state index contributed by atoms with van der Waals surface area (Å²) in [5.41, 5.74) is 1.28. The molecule has 0 radical (unpaired) electrons. The average molecular weight is 374 g/mol. The number of nitrogens with zero attached hydrogens (tertiary/aromatic N) is 3. The van der Waals surface area contributed by atoms with Crippen LogP contribution in [0.15, 0.2) is 41.6 Å². The van der Waals surface area contributed by atoms with E-state index in [1.54, 1.807) is 22.6 Å². The van der Waals surface area contributed by atoms with Crippen molar-refractivity contribution in [3.63, 3.8) is 0 Å². The molecule has 2 aliphatic carbocycles. The number of benzene rings is 1. The number of aryl methyl sites for hydroxylation is 1. The summed E-state index contributed by atoms with van der Waals surface area (Å²) >= 11 is 0. The van der Waals surface area contributed by atoms with E-state index in [9.17, 15) is 8.42 Å². The van der Waals surface area contributed by atoms with Gasteiger partial charge in [-0.3, -0.25) is 0 Å². The van der Waals surface area contributed by atoms with Gasteiger partial charge in [0.2, 0.25) is 10.0 Å². The molecule has 0 N–H and O–H groups in total. The number of rotatable bonds is 6. The van der Waals surface area contributed by atoms with Gasteiger partial charge in [0.25, 0.3) is 0 Å². The summed E-state index contributed by atoms with van der Waals surface area (Å²) in [7, 11) is -1.60. The summed E-state index contributed by atoms with van der Waals surface area (Å²) in [5, 5.41) is 0. The fourth-order valence-electron chi connectivity index (χ4n) is 3.94. The Labute approximate surface area is 156 Å². The molecule has 0 amide bonds. The van der Waals surface area contributed by atoms with E-state index in [2.05, 4.69) is 4.98 Å². The zero-order valence-corrected chi connectivity index (χ0v) is 16.2. The van der Waals surface area contributed by atoms with Gasteiger partial charge in [-0.05, 0) is 49.3 Å². The Morgan fingerprint density at radius 2 is 1.77 bits per heavy atom. The highest BCUT2D eigenvalue weighted by Gasteiger charge is 2.38. The minimum absolute atomic E-state index is 0.106. The highest BCUT2D eigenvalue weighted by molar-refractivity contribution is 7.89. The number of sulfonamides is 1. The Morgan fingerprint density at radius 3 is 2.35 bits per heavy atom. The molecule has 1 aromatic carbocycles. The van der Waals surface area contributed by atoms with Crippen molar-refractivity contribution in [1.82, 2.24) is 13.9 Å². The Bertz CT molecular complexity index is 847. The second-order valence-electron chi connectivity index (χ2n) is 7.64. The van der Waals surface area contributed by atoms with Gasteiger partial charge in [-0.1, -0.05) is 31.4 Å². The maximum absolute atomic E-state index is 13.2. The van der Waals surface area contributed by atoms with Gasteiger partial charge in [0.05, 0.1) is 11.4 Å². The number of hydrogen-bond acceptors (Lipinski definition) is 3. The third-order valence-corrected chi connectivity index (χ3v) is 7.65. The Morgan fingerprint density at radius 1 is 1.08 bits per heavy atom. The molecule has 6 heteroatoms. The highest BCUT2D eigenvalue weighted by atomic mass is 32.2. The first kappa shape index (κ1) is 17.7. The van der Waals surface area contributed by atoms with E-state index in [0.717, 1.165) is 18.7 Å². The zero-order chi connectivity index (χ0) is 18.1. The molecule has 2 aliphatic rings. The molecule has 5 nitrogen and oxygen atoms in total. The molecule has 140 valence electrons. The van der Waals surface area contributed by atoms with E-state index >= 15 is 0 Å². The first-order chi connectivity index (χ1) is 12.6. The predicted octanol–water partition coefficient (Wildman–Crippen LogP) is 3.82. The summed E-state index contributed by atoms with van der Waals surface area (Å²) in [5.74, 6) is 1.37. The molecule has 26 heavy (non-hydrogen) atoms. The van der Waals surface area contributed by atoms with E-state index in [-0.39, 0.29) is 6.04 Å². The normalized spacial score (nSPS) is 19.2. The van der Waals surface area contributed by atoms with Crippen LogP contribution in [0.3, 0.4) is 0 Å². The van der Waals surface area contributed by atoms with E-state index in [4.69, 9.17) is 0 Å². The van der Waals surface area contributed by atoms with Crippen LogP contribution in [-0.2, 0) is 23.6 Å². The van der Waals surface area contributed by atoms with Crippen LogP contribution in [0.2, 0.25) is 0 Å². The van der Waals surface area contributed by atoms with Gasteiger partial charge in [-0.2, -0.15) is 4.31 Å². The van der Waals surface area contributed by atoms with Crippen molar-refractivity contribution < 1.29 is 8.42 Å². The quantitative estimate of drug-likeness (QED) is 0.773. The standard InChI is InChI=1S/C20H27N3O2S/c1-22-14-13-21-20(22)15-23(18-9-10-18)26(24,25)19-11-7-17(8-12-19)16-5-3-2-4-6-16/h7-8,11-14,16,18H,2-6,9-10,15H2,1H3. The van der Waals surface area contributed by atoms with Gasteiger partial charge in [-0.25, -0.2) is 13.4 Å². The summed E-state index contributed by atoms with van der Waals surface area (Å²) in [6.07, 6.45) is 11.8. The molecule has 0 unspecified atom stereocenters. The van der Waals surface area contributed by atoms with Crippen LogP contribution < -0.4 is 0 Å². The number of aromatic nitrogens is 2. The lowest BCUT2D eigenvalue weighted by molar-refractivity contribution is 0.385. The van der Waals surface area contributed by atoms with Crippen LogP contribution in [0.4, 0.5) is 0 Å². The Hall–Kier alpha value is -1.66. The molecular formula is C20H27N3O2S. The number of hydrogen-bond donors (Lipinski definition) is 0. The fourth-order valence-corrected chi connectivity index (χ4v) is 5.58. The van der Waals surface area contributed by atoms with E-state index in [1.165, 1.54) is 37.7 Å². The predicted molar refractivity (Wildman–Crippen MR) is 101 cm³/mol. The van der Waals surface area contributed by atoms with Crippen molar-refractivity contribution in [2.24, 2.45) is 7.05 Å². The van der Waals surface area contributed by atoms with Crippen LogP contribution in [0.1, 0.15) is 62.3 Å². The van der Waals surface area contributed by atoms with Crippen molar-refractivity contribution in [2.75, 3.05) is 0 Å². The van der Waals surface area contributed by atoms with Gasteiger partial charge in [0.1, 0.15) is 5.82 Å². The molecule has 0 aliphatic heterocycles. The van der Waals surface area contributed by atoms with Crippen LogP contribution in [0.5, 0.6) is 0 Å². The van der Waals surface area contributed by atoms with Crippen molar-refractivity contribution >= 4 is 10.0 Å². The maximum Gasteiger partial charge on any atom is 0.243 e. The van der Waals surface area contributed by atoms with E-state index in [1.807, 2.05) is 29.9 Å². The SMILES string of the molecule is Cn1ccnc1CN(C1CC1)S(=O)(=O)c1ccc(C2CCCCC2)cc1. The van der Waals surface area contributed by atoms with Gasteiger partial charge in [0.15, 0.2) is 0 Å². The molecule has 1 heterocycles. The summed E-state index contributed by atoms with van der Waals surface area (Å²) in [6.45, 7) is 0.334. The minimum Gasteiger partial charge on any atom is -0.337 e. The fraction of sp³-hybridized carbons (Fsp3) is 0.550. The lowest BCUT2D eigenvalue weighted by Crippen LogP contribution is -2.33. The van der Waals surface area contributed by atoms with E-state index < -0.39 is 10.0 Å². The molecule has 0 spiro atoms. The van der Waals surface area contributed by atoms with Gasteiger partial charge >= 0.3 is 0 Å². The van der Waals surface area contributed by atoms with Crippen molar-refractivity contribution in [1.29, 1.82) is 0 Å². The van der Waals surface area contributed by atoms with E-state index in [0.29, 0.717) is 17.4 Å². The molecule has 0 saturated heterocycles. The summed E-state index contributed by atoms with van der Waals surface area (Å²) in [4.78, 5) is 4.71. The average Bonchev–Trinajstić information content (AvgIpc) is 3.42. The van der Waals surface area contributed by atoms with Gasteiger partial charge < -0.3 is 4.57 Å². The van der Waals surface area contributed by atoms with Crippen LogP contribution >= 0.6 is 0 Å². The molecule has 0 atom stereocenters. The van der Waals surface area contributed by atoms with Gasteiger partial charge in [0, 0.05) is 25.5 Å². The Balaban J connectivity index is 1.56. The van der Waals surface area contributed by atoms with Crippen LogP contribution in [0.25, 0.3) is 0 Å². The summed E-state index contributed by atoms with van der Waals surface area (Å²) < 4.78 is 30.0. The van der Waals surface area contributed by atoms with Crippen molar-refractivity contribution in [3.8, 4) is 0 Å². The second kappa shape index (κ2) is 7.16. The zero-order valence-electron chi connectivity index (χ0n) is 15.3. The maximum atomic E-state index is 13.2. The lowest BCUT2D eigenvalue weighted by atomic mass is 9.84. The summed E-state index contributed by atoms with van der Waals surface area (Å²) in [6, 6.07) is 7.75. The molecule has 4 rings (SSSR count). The molecule has 2 aromatic rings. The third kappa shape index (κ3) is 3.58.